The highest BCUT2D eigenvalue weighted by molar-refractivity contribution is 8.18. The molecule has 0 radical (unpaired) electrons. The molecule has 0 aliphatic carbocycles. The van der Waals surface area contributed by atoms with E-state index in [1.54, 1.807) is 38.5 Å². The van der Waals surface area contributed by atoms with Crippen molar-refractivity contribution in [2.75, 3.05) is 14.2 Å². The van der Waals surface area contributed by atoms with Crippen LogP contribution in [0.4, 0.5) is 4.79 Å². The number of rotatable bonds is 5. The number of halogens is 2. The number of amides is 2. The maximum absolute atomic E-state index is 13.0. The van der Waals surface area contributed by atoms with E-state index in [4.69, 9.17) is 32.7 Å². The Morgan fingerprint density at radius 2 is 1.74 bits per heavy atom. The van der Waals surface area contributed by atoms with Gasteiger partial charge in [0.2, 0.25) is 0 Å². The fourth-order valence-corrected chi connectivity index (χ4v) is 4.48. The first-order valence-corrected chi connectivity index (χ1v) is 10.8. The van der Waals surface area contributed by atoms with Gasteiger partial charge in [-0.2, -0.15) is 0 Å². The summed E-state index contributed by atoms with van der Waals surface area (Å²) in [5.74, 6) is 0.906. The van der Waals surface area contributed by atoms with Crippen LogP contribution in [0.5, 0.6) is 11.5 Å². The number of imide groups is 1. The number of hydrogen-bond acceptors (Lipinski definition) is 5. The lowest BCUT2D eigenvalue weighted by molar-refractivity contribution is -0.123. The number of nitrogens with zero attached hydrogens (tertiary/aromatic N) is 1. The first-order valence-electron chi connectivity index (χ1n) is 9.25. The molecule has 31 heavy (non-hydrogen) atoms. The number of thioether (sulfide) groups is 1. The molecule has 3 aromatic carbocycles. The summed E-state index contributed by atoms with van der Waals surface area (Å²) in [6.07, 6.45) is 1.69. The SMILES string of the molecule is COc1ccc2ccc(OC)c(/C=C3\SC(=O)N(Cc4ccc(Cl)c(Cl)c4)C3=O)c2c1. The van der Waals surface area contributed by atoms with E-state index >= 15 is 0 Å². The topological polar surface area (TPSA) is 55.8 Å². The summed E-state index contributed by atoms with van der Waals surface area (Å²) in [5, 5.41) is 2.26. The van der Waals surface area contributed by atoms with Gasteiger partial charge in [0.1, 0.15) is 11.5 Å². The highest BCUT2D eigenvalue weighted by atomic mass is 35.5. The van der Waals surface area contributed by atoms with Gasteiger partial charge in [0.25, 0.3) is 11.1 Å². The van der Waals surface area contributed by atoms with E-state index in [0.717, 1.165) is 22.5 Å². The standard InChI is InChI=1S/C23H17Cl2NO4S/c1-29-15-6-4-14-5-8-20(30-2)17(16(14)10-15)11-21-22(27)26(23(28)31-21)12-13-3-7-18(24)19(25)9-13/h3-11H,12H2,1-2H3/b21-11-. The fourth-order valence-electron chi connectivity index (χ4n) is 3.34. The number of benzene rings is 3. The summed E-state index contributed by atoms with van der Waals surface area (Å²) in [5.41, 5.74) is 1.42. The highest BCUT2D eigenvalue weighted by Crippen LogP contribution is 2.38. The molecule has 2 amide bonds. The Labute approximate surface area is 193 Å². The van der Waals surface area contributed by atoms with Gasteiger partial charge in [-0.1, -0.05) is 41.4 Å². The summed E-state index contributed by atoms with van der Waals surface area (Å²) < 4.78 is 10.9. The molecule has 158 valence electrons. The van der Waals surface area contributed by atoms with Crippen molar-refractivity contribution in [2.24, 2.45) is 0 Å². The molecule has 0 bridgehead atoms. The Morgan fingerprint density at radius 1 is 0.968 bits per heavy atom. The van der Waals surface area contributed by atoms with Crippen LogP contribution in [0.15, 0.2) is 53.4 Å². The second-order valence-corrected chi connectivity index (χ2v) is 8.59. The van der Waals surface area contributed by atoms with Crippen molar-refractivity contribution in [3.8, 4) is 11.5 Å². The maximum Gasteiger partial charge on any atom is 0.293 e. The Kier molecular flexibility index (Phi) is 6.14. The lowest BCUT2D eigenvalue weighted by Crippen LogP contribution is -2.27. The van der Waals surface area contributed by atoms with Crippen molar-refractivity contribution in [2.45, 2.75) is 6.54 Å². The summed E-state index contributed by atoms with van der Waals surface area (Å²) in [6, 6.07) is 14.5. The second-order valence-electron chi connectivity index (χ2n) is 6.78. The van der Waals surface area contributed by atoms with E-state index in [2.05, 4.69) is 0 Å². The van der Waals surface area contributed by atoms with Crippen molar-refractivity contribution in [3.05, 3.63) is 74.6 Å². The van der Waals surface area contributed by atoms with E-state index in [1.165, 1.54) is 4.90 Å². The molecule has 0 saturated carbocycles. The Morgan fingerprint density at radius 3 is 2.45 bits per heavy atom. The third-order valence-electron chi connectivity index (χ3n) is 4.92. The molecule has 8 heteroatoms. The van der Waals surface area contributed by atoms with Gasteiger partial charge in [0.15, 0.2) is 0 Å². The van der Waals surface area contributed by atoms with Gasteiger partial charge in [-0.25, -0.2) is 0 Å². The van der Waals surface area contributed by atoms with Crippen LogP contribution in [0, 0.1) is 0 Å². The monoisotopic (exact) mass is 473 g/mol. The normalized spacial score (nSPS) is 15.2. The molecular formula is C23H17Cl2NO4S. The molecule has 1 aliphatic heterocycles. The molecule has 1 aliphatic rings. The van der Waals surface area contributed by atoms with Crippen molar-refractivity contribution in [1.82, 2.24) is 4.90 Å². The molecule has 5 nitrogen and oxygen atoms in total. The smallest absolute Gasteiger partial charge is 0.293 e. The van der Waals surface area contributed by atoms with Gasteiger partial charge in [-0.05, 0) is 64.5 Å². The summed E-state index contributed by atoms with van der Waals surface area (Å²) in [4.78, 5) is 27.1. The number of hydrogen-bond donors (Lipinski definition) is 0. The van der Waals surface area contributed by atoms with E-state index in [-0.39, 0.29) is 17.7 Å². The van der Waals surface area contributed by atoms with E-state index in [1.807, 2.05) is 30.3 Å². The van der Waals surface area contributed by atoms with Crippen LogP contribution < -0.4 is 9.47 Å². The van der Waals surface area contributed by atoms with Crippen LogP contribution in [0.25, 0.3) is 16.8 Å². The predicted molar refractivity (Wildman–Crippen MR) is 125 cm³/mol. The third-order valence-corrected chi connectivity index (χ3v) is 6.57. The Bertz CT molecular complexity index is 1240. The zero-order valence-corrected chi connectivity index (χ0v) is 19.0. The molecule has 0 unspecified atom stereocenters. The molecule has 1 fully saturated rings. The first kappa shape index (κ1) is 21.6. The lowest BCUT2D eigenvalue weighted by atomic mass is 10.0. The first-order chi connectivity index (χ1) is 14.9. The van der Waals surface area contributed by atoms with Crippen LogP contribution in [0.2, 0.25) is 10.0 Å². The number of carbonyl (C=O) groups excluding carboxylic acids is 2. The molecule has 1 saturated heterocycles. The van der Waals surface area contributed by atoms with Crippen LogP contribution in [0.1, 0.15) is 11.1 Å². The zero-order valence-electron chi connectivity index (χ0n) is 16.6. The number of methoxy groups -OCH3 is 2. The second kappa shape index (κ2) is 8.83. The van der Waals surface area contributed by atoms with Gasteiger partial charge in [0.05, 0.1) is 35.7 Å². The molecule has 4 rings (SSSR count). The predicted octanol–water partition coefficient (Wildman–Crippen LogP) is 6.40. The fraction of sp³-hybridized carbons (Fsp3) is 0.130. The van der Waals surface area contributed by atoms with E-state index in [0.29, 0.717) is 37.6 Å². The quantitative estimate of drug-likeness (QED) is 0.401. The largest absolute Gasteiger partial charge is 0.497 e. The molecule has 0 aromatic heterocycles. The molecule has 1 heterocycles. The zero-order chi connectivity index (χ0) is 22.1. The minimum atomic E-state index is -0.372. The average Bonchev–Trinajstić information content (AvgIpc) is 3.03. The van der Waals surface area contributed by atoms with E-state index < -0.39 is 0 Å². The Balaban J connectivity index is 1.72. The Hall–Kier alpha value is -2.67. The third kappa shape index (κ3) is 4.24. The summed E-state index contributed by atoms with van der Waals surface area (Å²) >= 11 is 12.9. The van der Waals surface area contributed by atoms with Crippen molar-refractivity contribution in [1.29, 1.82) is 0 Å². The van der Waals surface area contributed by atoms with Crippen LogP contribution in [0.3, 0.4) is 0 Å². The van der Waals surface area contributed by atoms with Crippen molar-refractivity contribution < 1.29 is 19.1 Å². The number of ether oxygens (including phenoxy) is 2. The van der Waals surface area contributed by atoms with Gasteiger partial charge < -0.3 is 9.47 Å². The van der Waals surface area contributed by atoms with Crippen LogP contribution >= 0.6 is 35.0 Å². The molecule has 0 spiro atoms. The number of carbonyl (C=O) groups is 2. The van der Waals surface area contributed by atoms with E-state index in [9.17, 15) is 9.59 Å². The summed E-state index contributed by atoms with van der Waals surface area (Å²) in [7, 11) is 3.16. The van der Waals surface area contributed by atoms with Gasteiger partial charge in [-0.3, -0.25) is 14.5 Å². The number of fused-ring (bicyclic) bond motifs is 1. The molecular weight excluding hydrogens is 457 g/mol. The molecule has 3 aromatic rings. The lowest BCUT2D eigenvalue weighted by Gasteiger charge is -2.13. The minimum absolute atomic E-state index is 0.111. The van der Waals surface area contributed by atoms with Crippen LogP contribution in [-0.4, -0.2) is 30.3 Å². The van der Waals surface area contributed by atoms with Crippen molar-refractivity contribution in [3.63, 3.8) is 0 Å². The van der Waals surface area contributed by atoms with Gasteiger partial charge in [-0.15, -0.1) is 0 Å². The van der Waals surface area contributed by atoms with Crippen LogP contribution in [-0.2, 0) is 11.3 Å². The minimum Gasteiger partial charge on any atom is -0.497 e. The molecule has 0 N–H and O–H groups in total. The summed E-state index contributed by atoms with van der Waals surface area (Å²) in [6.45, 7) is 0.111. The molecule has 0 atom stereocenters. The van der Waals surface area contributed by atoms with Gasteiger partial charge >= 0.3 is 0 Å². The average molecular weight is 474 g/mol. The van der Waals surface area contributed by atoms with Crippen molar-refractivity contribution >= 4 is 63.0 Å². The highest BCUT2D eigenvalue weighted by Gasteiger charge is 2.35. The maximum atomic E-state index is 13.0. The van der Waals surface area contributed by atoms with Gasteiger partial charge in [0, 0.05) is 5.56 Å².